The maximum atomic E-state index is 12.9. The summed E-state index contributed by atoms with van der Waals surface area (Å²) in [6.07, 6.45) is 4.87. The van der Waals surface area contributed by atoms with Crippen molar-refractivity contribution in [3.8, 4) is 0 Å². The van der Waals surface area contributed by atoms with Gasteiger partial charge in [-0.3, -0.25) is 14.6 Å². The smallest absolute Gasteiger partial charge is 0.251 e. The molecule has 0 saturated carbocycles. The Morgan fingerprint density at radius 3 is 2.50 bits per heavy atom. The number of amides is 2. The molecule has 0 radical (unpaired) electrons. The minimum atomic E-state index is -0.701. The molecule has 0 spiro atoms. The predicted octanol–water partition coefficient (Wildman–Crippen LogP) is -0.161. The van der Waals surface area contributed by atoms with Crippen molar-refractivity contribution >= 4 is 23.8 Å². The Morgan fingerprint density at radius 2 is 1.89 bits per heavy atom. The van der Waals surface area contributed by atoms with Crippen LogP contribution in [0.3, 0.4) is 0 Å². The van der Waals surface area contributed by atoms with Gasteiger partial charge in [0.05, 0.1) is 5.69 Å². The van der Waals surface area contributed by atoms with E-state index in [0.717, 1.165) is 25.1 Å². The first kappa shape index (κ1) is 19.8. The van der Waals surface area contributed by atoms with Gasteiger partial charge in [0, 0.05) is 50.6 Å². The van der Waals surface area contributed by atoms with Crippen LogP contribution in [0, 0.1) is 0 Å². The summed E-state index contributed by atoms with van der Waals surface area (Å²) in [5.74, 6) is -0.453. The first-order valence-electron chi connectivity index (χ1n) is 9.37. The largest absolute Gasteiger partial charge is 0.340 e. The molecular formula is C19H26N6O3. The maximum Gasteiger partial charge on any atom is 0.251 e. The molecule has 2 aliphatic heterocycles. The van der Waals surface area contributed by atoms with E-state index in [1.54, 1.807) is 28.2 Å². The number of hydrogen-bond acceptors (Lipinski definition) is 7. The molecule has 3 rings (SSSR count). The van der Waals surface area contributed by atoms with Crippen LogP contribution in [0.1, 0.15) is 23.2 Å². The average Bonchev–Trinajstić information content (AvgIpc) is 3.26. The highest BCUT2D eigenvalue weighted by Gasteiger charge is 2.28. The zero-order chi connectivity index (χ0) is 19.9. The van der Waals surface area contributed by atoms with Crippen LogP contribution in [-0.2, 0) is 9.59 Å². The quantitative estimate of drug-likeness (QED) is 0.560. The van der Waals surface area contributed by atoms with E-state index in [2.05, 4.69) is 21.2 Å². The number of likely N-dealkylation sites (N-methyl/N-ethyl adjacent to an activating group) is 1. The highest BCUT2D eigenvalue weighted by Crippen LogP contribution is 2.15. The van der Waals surface area contributed by atoms with Crippen LogP contribution in [-0.4, -0.2) is 67.2 Å². The fraction of sp³-hybridized carbons (Fsp3) is 0.421. The van der Waals surface area contributed by atoms with Crippen LogP contribution in [0.4, 0.5) is 5.69 Å². The van der Waals surface area contributed by atoms with Crippen molar-refractivity contribution in [2.24, 2.45) is 0 Å². The van der Waals surface area contributed by atoms with Gasteiger partial charge in [-0.2, -0.15) is 0 Å². The van der Waals surface area contributed by atoms with Crippen molar-refractivity contribution in [1.29, 1.82) is 0 Å². The number of hydrazine groups is 2. The molecule has 1 aromatic rings. The van der Waals surface area contributed by atoms with Crippen LogP contribution >= 0.6 is 0 Å². The van der Waals surface area contributed by atoms with E-state index in [0.29, 0.717) is 25.1 Å². The van der Waals surface area contributed by atoms with Crippen molar-refractivity contribution in [2.45, 2.75) is 18.9 Å². The number of rotatable bonds is 7. The Balaban J connectivity index is 1.64. The summed E-state index contributed by atoms with van der Waals surface area (Å²) in [4.78, 5) is 40.2. The summed E-state index contributed by atoms with van der Waals surface area (Å²) in [7, 11) is 2.01. The van der Waals surface area contributed by atoms with E-state index in [-0.39, 0.29) is 18.2 Å². The minimum absolute atomic E-state index is 0.127. The van der Waals surface area contributed by atoms with E-state index >= 15 is 0 Å². The number of nitrogens with one attached hydrogen (secondary N) is 3. The molecule has 2 heterocycles. The van der Waals surface area contributed by atoms with Gasteiger partial charge in [-0.15, -0.1) is 5.53 Å². The number of anilines is 1. The van der Waals surface area contributed by atoms with E-state index in [1.807, 2.05) is 25.4 Å². The molecule has 9 heteroatoms. The van der Waals surface area contributed by atoms with Crippen molar-refractivity contribution in [2.75, 3.05) is 38.2 Å². The first-order valence-corrected chi connectivity index (χ1v) is 9.37. The third-order valence-electron chi connectivity index (χ3n) is 4.89. The van der Waals surface area contributed by atoms with Crippen LogP contribution < -0.4 is 21.3 Å². The minimum Gasteiger partial charge on any atom is -0.340 e. The maximum absolute atomic E-state index is 12.9. The predicted molar refractivity (Wildman–Crippen MR) is 105 cm³/mol. The van der Waals surface area contributed by atoms with Crippen LogP contribution in [0.2, 0.25) is 0 Å². The topological polar surface area (TPSA) is 97.0 Å². The molecule has 2 aliphatic rings. The van der Waals surface area contributed by atoms with Gasteiger partial charge in [-0.05, 0) is 37.7 Å². The molecule has 1 saturated heterocycles. The number of carbonyl (C=O) groups excluding carboxylic acids is 3. The second kappa shape index (κ2) is 9.34. The van der Waals surface area contributed by atoms with Gasteiger partial charge in [-0.25, -0.2) is 0 Å². The normalized spacial score (nSPS) is 17.9. The summed E-state index contributed by atoms with van der Waals surface area (Å²) in [5.41, 5.74) is 7.08. The summed E-state index contributed by atoms with van der Waals surface area (Å²) in [6, 6.07) is 6.32. The monoisotopic (exact) mass is 386 g/mol. The van der Waals surface area contributed by atoms with E-state index < -0.39 is 6.04 Å². The number of nitrogens with zero attached hydrogens (tertiary/aromatic N) is 3. The van der Waals surface area contributed by atoms with Crippen molar-refractivity contribution in [1.82, 2.24) is 26.1 Å². The molecule has 1 fully saturated rings. The molecule has 2 amide bonds. The third-order valence-corrected chi connectivity index (χ3v) is 4.89. The highest BCUT2D eigenvalue weighted by molar-refractivity contribution is 5.97. The number of benzene rings is 1. The molecule has 0 bridgehead atoms. The van der Waals surface area contributed by atoms with E-state index in [1.165, 1.54) is 0 Å². The number of hydrogen-bond donors (Lipinski definition) is 3. The lowest BCUT2D eigenvalue weighted by molar-refractivity contribution is -0.135. The summed E-state index contributed by atoms with van der Waals surface area (Å²) < 4.78 is 0. The second-order valence-electron chi connectivity index (χ2n) is 6.89. The van der Waals surface area contributed by atoms with Crippen molar-refractivity contribution in [3.63, 3.8) is 0 Å². The Kier molecular flexibility index (Phi) is 6.62. The molecule has 3 N–H and O–H groups in total. The lowest BCUT2D eigenvalue weighted by atomic mass is 10.1. The van der Waals surface area contributed by atoms with Gasteiger partial charge in [0.15, 0.2) is 0 Å². The zero-order valence-corrected chi connectivity index (χ0v) is 15.9. The zero-order valence-electron chi connectivity index (χ0n) is 15.9. The van der Waals surface area contributed by atoms with Gasteiger partial charge >= 0.3 is 0 Å². The number of aldehydes is 1. The molecule has 0 unspecified atom stereocenters. The molecular weight excluding hydrogens is 360 g/mol. The molecule has 0 aliphatic carbocycles. The molecule has 1 atom stereocenters. The van der Waals surface area contributed by atoms with Gasteiger partial charge < -0.3 is 25.3 Å². The fourth-order valence-electron chi connectivity index (χ4n) is 3.16. The lowest BCUT2D eigenvalue weighted by Crippen LogP contribution is -2.54. The molecule has 150 valence electrons. The van der Waals surface area contributed by atoms with Gasteiger partial charge in [0.2, 0.25) is 5.91 Å². The SMILES string of the molecule is CN1CCN(C(=O)[C@H](CCC=O)NC(=O)c2ccc(N3C=CNN3)cc2)CC1. The Labute approximate surface area is 164 Å². The van der Waals surface area contributed by atoms with E-state index in [4.69, 9.17) is 0 Å². The Hall–Kier alpha value is -2.91. The van der Waals surface area contributed by atoms with Crippen LogP contribution in [0.25, 0.3) is 0 Å². The second-order valence-corrected chi connectivity index (χ2v) is 6.89. The first-order chi connectivity index (χ1) is 13.6. The van der Waals surface area contributed by atoms with E-state index in [9.17, 15) is 14.4 Å². The van der Waals surface area contributed by atoms with Crippen LogP contribution in [0.15, 0.2) is 36.7 Å². The molecule has 0 aromatic heterocycles. The fourth-order valence-corrected chi connectivity index (χ4v) is 3.16. The average molecular weight is 386 g/mol. The van der Waals surface area contributed by atoms with Gasteiger partial charge in [0.1, 0.15) is 12.3 Å². The van der Waals surface area contributed by atoms with Crippen LogP contribution in [0.5, 0.6) is 0 Å². The van der Waals surface area contributed by atoms with Gasteiger partial charge in [-0.1, -0.05) is 0 Å². The lowest BCUT2D eigenvalue weighted by Gasteiger charge is -2.34. The molecule has 28 heavy (non-hydrogen) atoms. The summed E-state index contributed by atoms with van der Waals surface area (Å²) >= 11 is 0. The van der Waals surface area contributed by atoms with Crippen molar-refractivity contribution < 1.29 is 14.4 Å². The third kappa shape index (κ3) is 4.87. The number of carbonyl (C=O) groups is 3. The Morgan fingerprint density at radius 1 is 1.18 bits per heavy atom. The highest BCUT2D eigenvalue weighted by atomic mass is 16.2. The van der Waals surface area contributed by atoms with Crippen molar-refractivity contribution in [3.05, 3.63) is 42.2 Å². The standard InChI is InChI=1S/C19H26N6O3/c1-23-10-12-24(13-11-23)19(28)17(3-2-14-26)21-18(27)15-4-6-16(7-5-15)25-9-8-20-22-25/h4-9,14,17,20,22H,2-3,10-13H2,1H3,(H,21,27)/t17-/m0/s1. The summed E-state index contributed by atoms with van der Waals surface area (Å²) in [6.45, 7) is 2.86. The summed E-state index contributed by atoms with van der Waals surface area (Å²) in [5, 5.41) is 4.58. The number of piperazine rings is 1. The molecule has 1 aromatic carbocycles. The Bertz CT molecular complexity index is 728. The molecule has 9 nitrogen and oxygen atoms in total. The van der Waals surface area contributed by atoms with Gasteiger partial charge in [0.25, 0.3) is 5.91 Å².